The van der Waals surface area contributed by atoms with Crippen LogP contribution >= 0.6 is 0 Å². The summed E-state index contributed by atoms with van der Waals surface area (Å²) in [4.78, 5) is 26.9. The molecule has 29 heavy (non-hydrogen) atoms. The van der Waals surface area contributed by atoms with E-state index in [2.05, 4.69) is 22.5 Å². The summed E-state index contributed by atoms with van der Waals surface area (Å²) in [7, 11) is 0. The summed E-state index contributed by atoms with van der Waals surface area (Å²) < 4.78 is 5.67. The Morgan fingerprint density at radius 2 is 2.00 bits per heavy atom. The Hall–Kier alpha value is -2.08. The van der Waals surface area contributed by atoms with E-state index in [4.69, 9.17) is 4.74 Å². The highest BCUT2D eigenvalue weighted by atomic mass is 16.5. The van der Waals surface area contributed by atoms with Crippen LogP contribution in [0.25, 0.3) is 0 Å². The number of hydrogen-bond donors (Lipinski definition) is 2. The lowest BCUT2D eigenvalue weighted by Crippen LogP contribution is -2.51. The number of rotatable bonds is 8. The highest BCUT2D eigenvalue weighted by Gasteiger charge is 2.32. The summed E-state index contributed by atoms with van der Waals surface area (Å²) in [6, 6.07) is 8.17. The first-order valence-electron chi connectivity index (χ1n) is 11.2. The van der Waals surface area contributed by atoms with E-state index in [0.717, 1.165) is 25.4 Å². The largest absolute Gasteiger partial charge is 0.484 e. The molecule has 6 nitrogen and oxygen atoms in total. The molecule has 3 aliphatic rings. The van der Waals surface area contributed by atoms with Crippen LogP contribution in [0.3, 0.4) is 0 Å². The number of likely N-dealkylation sites (tertiary alicyclic amines) is 1. The van der Waals surface area contributed by atoms with Crippen molar-refractivity contribution in [2.75, 3.05) is 25.0 Å². The number of benzene rings is 1. The number of hydrogen-bond acceptors (Lipinski definition) is 4. The Kier molecular flexibility index (Phi) is 6.38. The first-order chi connectivity index (χ1) is 14.1. The number of nitrogens with zero attached hydrogens (tertiary/aromatic N) is 1. The Balaban J connectivity index is 1.21. The molecule has 1 aromatic carbocycles. The van der Waals surface area contributed by atoms with Gasteiger partial charge < -0.3 is 20.3 Å². The van der Waals surface area contributed by atoms with E-state index in [1.807, 2.05) is 12.1 Å². The second kappa shape index (κ2) is 9.16. The molecular formula is C23H33N3O3. The predicted octanol–water partition coefficient (Wildman–Crippen LogP) is 3.18. The van der Waals surface area contributed by atoms with Crippen molar-refractivity contribution < 1.29 is 14.3 Å². The fraction of sp³-hybridized carbons (Fsp3) is 0.652. The molecular weight excluding hydrogens is 366 g/mol. The maximum atomic E-state index is 12.4. The summed E-state index contributed by atoms with van der Waals surface area (Å²) in [6.07, 6.45) is 8.37. The molecule has 1 heterocycles. The van der Waals surface area contributed by atoms with Crippen LogP contribution in [-0.4, -0.2) is 48.5 Å². The lowest BCUT2D eigenvalue weighted by atomic mass is 9.85. The van der Waals surface area contributed by atoms with Crippen LogP contribution in [0, 0.1) is 11.8 Å². The third-order valence-corrected chi connectivity index (χ3v) is 6.60. The Morgan fingerprint density at radius 3 is 2.72 bits per heavy atom. The number of amides is 2. The molecule has 2 aliphatic carbocycles. The van der Waals surface area contributed by atoms with Crippen molar-refractivity contribution in [2.45, 2.75) is 64.0 Å². The zero-order valence-electron chi connectivity index (χ0n) is 17.4. The summed E-state index contributed by atoms with van der Waals surface area (Å²) in [5.74, 6) is 1.24. The van der Waals surface area contributed by atoms with Crippen LogP contribution in [0.4, 0.5) is 5.69 Å². The Labute approximate surface area is 173 Å². The second-order valence-electron chi connectivity index (χ2n) is 8.92. The number of ether oxygens (including phenoxy) is 1. The van der Waals surface area contributed by atoms with Crippen molar-refractivity contribution in [1.82, 2.24) is 10.2 Å². The van der Waals surface area contributed by atoms with Crippen molar-refractivity contribution >= 4 is 17.5 Å². The standard InChI is InChI=1S/C23H33N3O3/c1-16(18-5-4-12-26(14-18)20-7-3-8-20)24-22(27)15-29-21-9-2-6-19(13-21)25-23(28)17-10-11-17/h2,6,9,13,16-18,20H,3-5,7-8,10-12,14-15H2,1H3,(H,24,27)(H,25,28)/t16-,18-/m0/s1. The number of nitrogens with one attached hydrogen (secondary N) is 2. The minimum Gasteiger partial charge on any atom is -0.484 e. The van der Waals surface area contributed by atoms with Gasteiger partial charge >= 0.3 is 0 Å². The summed E-state index contributed by atoms with van der Waals surface area (Å²) in [5, 5.41) is 6.03. The normalized spacial score (nSPS) is 23.7. The second-order valence-corrected chi connectivity index (χ2v) is 8.92. The van der Waals surface area contributed by atoms with Gasteiger partial charge in [-0.15, -0.1) is 0 Å². The van der Waals surface area contributed by atoms with Gasteiger partial charge in [0.2, 0.25) is 5.91 Å². The molecule has 1 saturated heterocycles. The molecule has 4 rings (SSSR count). The Morgan fingerprint density at radius 1 is 1.17 bits per heavy atom. The van der Waals surface area contributed by atoms with Crippen molar-refractivity contribution in [1.29, 1.82) is 0 Å². The molecule has 0 radical (unpaired) electrons. The van der Waals surface area contributed by atoms with E-state index in [9.17, 15) is 9.59 Å². The van der Waals surface area contributed by atoms with Gasteiger partial charge in [-0.05, 0) is 70.0 Å². The average molecular weight is 400 g/mol. The van der Waals surface area contributed by atoms with Crippen LogP contribution < -0.4 is 15.4 Å². The predicted molar refractivity (Wildman–Crippen MR) is 113 cm³/mol. The average Bonchev–Trinajstić information content (AvgIpc) is 3.51. The van der Waals surface area contributed by atoms with Crippen molar-refractivity contribution in [3.8, 4) is 5.75 Å². The Bertz CT molecular complexity index is 730. The van der Waals surface area contributed by atoms with Crippen molar-refractivity contribution in [2.24, 2.45) is 11.8 Å². The van der Waals surface area contributed by atoms with Gasteiger partial charge in [0.1, 0.15) is 5.75 Å². The molecule has 1 aromatic rings. The van der Waals surface area contributed by atoms with Gasteiger partial charge in [0.25, 0.3) is 5.91 Å². The zero-order valence-corrected chi connectivity index (χ0v) is 17.4. The number of carbonyl (C=O) groups excluding carboxylic acids is 2. The molecule has 0 spiro atoms. The summed E-state index contributed by atoms with van der Waals surface area (Å²) in [5.41, 5.74) is 0.714. The van der Waals surface area contributed by atoms with Gasteiger partial charge in [0.05, 0.1) is 0 Å². The number of piperidine rings is 1. The van der Waals surface area contributed by atoms with Crippen LogP contribution in [0.1, 0.15) is 51.9 Å². The van der Waals surface area contributed by atoms with Gasteiger partial charge in [-0.2, -0.15) is 0 Å². The SMILES string of the molecule is C[C@H](NC(=O)COc1cccc(NC(=O)C2CC2)c1)[C@H]1CCCN(C2CCC2)C1. The maximum absolute atomic E-state index is 12.4. The van der Waals surface area contributed by atoms with Crippen molar-refractivity contribution in [3.63, 3.8) is 0 Å². The monoisotopic (exact) mass is 399 g/mol. The van der Waals surface area contributed by atoms with Crippen LogP contribution in [-0.2, 0) is 9.59 Å². The van der Waals surface area contributed by atoms with E-state index >= 15 is 0 Å². The smallest absolute Gasteiger partial charge is 0.258 e. The highest BCUT2D eigenvalue weighted by molar-refractivity contribution is 5.94. The van der Waals surface area contributed by atoms with Crippen LogP contribution in [0.15, 0.2) is 24.3 Å². The molecule has 2 atom stereocenters. The third kappa shape index (κ3) is 5.50. The third-order valence-electron chi connectivity index (χ3n) is 6.60. The van der Waals surface area contributed by atoms with Crippen LogP contribution in [0.5, 0.6) is 5.75 Å². The van der Waals surface area contributed by atoms with Gasteiger partial charge in [-0.3, -0.25) is 9.59 Å². The van der Waals surface area contributed by atoms with Gasteiger partial charge in [0.15, 0.2) is 6.61 Å². The fourth-order valence-corrected chi connectivity index (χ4v) is 4.35. The molecule has 2 N–H and O–H groups in total. The van der Waals surface area contributed by atoms with E-state index < -0.39 is 0 Å². The highest BCUT2D eigenvalue weighted by Crippen LogP contribution is 2.31. The molecule has 158 valence electrons. The van der Waals surface area contributed by atoms with Crippen molar-refractivity contribution in [3.05, 3.63) is 24.3 Å². The molecule has 6 heteroatoms. The number of carbonyl (C=O) groups is 2. The van der Waals surface area contributed by atoms with E-state index in [-0.39, 0.29) is 30.4 Å². The minimum absolute atomic E-state index is 0.0105. The minimum atomic E-state index is -0.0920. The summed E-state index contributed by atoms with van der Waals surface area (Å²) in [6.45, 7) is 4.40. The molecule has 2 saturated carbocycles. The van der Waals surface area contributed by atoms with E-state index in [0.29, 0.717) is 17.4 Å². The molecule has 0 bridgehead atoms. The quantitative estimate of drug-likeness (QED) is 0.704. The van der Waals surface area contributed by atoms with Gasteiger partial charge in [-0.25, -0.2) is 0 Å². The fourth-order valence-electron chi connectivity index (χ4n) is 4.35. The van der Waals surface area contributed by atoms with E-state index in [1.54, 1.807) is 12.1 Å². The maximum Gasteiger partial charge on any atom is 0.258 e. The van der Waals surface area contributed by atoms with Gasteiger partial charge in [0, 0.05) is 36.3 Å². The zero-order chi connectivity index (χ0) is 20.2. The molecule has 0 aromatic heterocycles. The van der Waals surface area contributed by atoms with Gasteiger partial charge in [-0.1, -0.05) is 12.5 Å². The lowest BCUT2D eigenvalue weighted by Gasteiger charge is -2.43. The lowest BCUT2D eigenvalue weighted by molar-refractivity contribution is -0.124. The molecule has 2 amide bonds. The number of anilines is 1. The van der Waals surface area contributed by atoms with E-state index in [1.165, 1.54) is 38.6 Å². The first-order valence-corrected chi connectivity index (χ1v) is 11.2. The topological polar surface area (TPSA) is 70.7 Å². The van der Waals surface area contributed by atoms with Crippen LogP contribution in [0.2, 0.25) is 0 Å². The molecule has 0 unspecified atom stereocenters. The first kappa shape index (κ1) is 20.2. The summed E-state index contributed by atoms with van der Waals surface area (Å²) >= 11 is 0. The molecule has 3 fully saturated rings. The molecule has 1 aliphatic heterocycles.